The van der Waals surface area contributed by atoms with Crippen molar-refractivity contribution in [1.29, 1.82) is 0 Å². The fraction of sp³-hybridized carbons (Fsp3) is 0.952. The third kappa shape index (κ3) is 78.0. The lowest BCUT2D eigenvalue weighted by molar-refractivity contribution is -0.161. The van der Waals surface area contributed by atoms with E-state index in [0.717, 1.165) is 95.8 Å². The van der Waals surface area contributed by atoms with Crippen LogP contribution in [0.3, 0.4) is 0 Å². The Morgan fingerprint density at radius 2 is 0.447 bits per heavy atom. The minimum absolute atomic E-state index is 0.107. The first kappa shape index (κ1) is 101. The van der Waals surface area contributed by atoms with E-state index >= 15 is 0 Å². The zero-order valence-corrected chi connectivity index (χ0v) is 69.3. The van der Waals surface area contributed by atoms with E-state index < -0.39 is 97.5 Å². The number of phosphoric acid groups is 2. The second-order valence-corrected chi connectivity index (χ2v) is 33.6. The van der Waals surface area contributed by atoms with Crippen molar-refractivity contribution in [2.24, 2.45) is 5.92 Å². The second kappa shape index (κ2) is 76.8. The third-order valence-electron chi connectivity index (χ3n) is 19.8. The van der Waals surface area contributed by atoms with Gasteiger partial charge < -0.3 is 33.8 Å². The van der Waals surface area contributed by atoms with E-state index in [0.29, 0.717) is 25.7 Å². The summed E-state index contributed by atoms with van der Waals surface area (Å²) in [5, 5.41) is 10.7. The maximum atomic E-state index is 13.1. The van der Waals surface area contributed by atoms with E-state index in [1.54, 1.807) is 0 Å². The standard InChI is InChI=1S/C84H164O17P2/c1-6-9-12-15-18-21-24-27-29-31-33-35-37-40-43-49-54-59-64-69-83(88)100-79(73-95-82(87)68-63-58-53-48-42-39-36-34-32-30-28-25-22-19-16-13-10-7-2)75-98-102(90,91)96-71-78(85)72-97-103(92,93)99-76-80(101-84(89)70-65-60-55-50-45-44-46-51-56-61-66-77(4)5)74-94-81(86)67-62-57-52-47-41-38-26-23-20-17-14-11-8-3/h77-80,85H,6-76H2,1-5H3,(H,90,91)(H,92,93)/t78-,79-,80-/m1/s1. The number of hydrogen-bond donors (Lipinski definition) is 3. The van der Waals surface area contributed by atoms with E-state index in [-0.39, 0.29) is 25.7 Å². The molecule has 0 saturated heterocycles. The molecule has 0 aliphatic heterocycles. The summed E-state index contributed by atoms with van der Waals surface area (Å²) in [6, 6.07) is 0. The Balaban J connectivity index is 5.25. The predicted molar refractivity (Wildman–Crippen MR) is 423 cm³/mol. The molecule has 0 rings (SSSR count). The molecule has 0 aliphatic rings. The van der Waals surface area contributed by atoms with Crippen molar-refractivity contribution in [1.82, 2.24) is 0 Å². The van der Waals surface area contributed by atoms with Crippen LogP contribution in [0.15, 0.2) is 0 Å². The van der Waals surface area contributed by atoms with Crippen LogP contribution < -0.4 is 0 Å². The summed E-state index contributed by atoms with van der Waals surface area (Å²) in [6.07, 6.45) is 69.3. The summed E-state index contributed by atoms with van der Waals surface area (Å²) in [6.45, 7) is 7.35. The van der Waals surface area contributed by atoms with Gasteiger partial charge in [-0.05, 0) is 31.6 Å². The minimum Gasteiger partial charge on any atom is -0.462 e. The maximum absolute atomic E-state index is 13.1. The van der Waals surface area contributed by atoms with Crippen LogP contribution in [0, 0.1) is 5.92 Å². The number of carbonyl (C=O) groups is 4. The molecular formula is C84H164O17P2. The first-order valence-corrected chi connectivity index (χ1v) is 46.6. The van der Waals surface area contributed by atoms with Gasteiger partial charge in [0.05, 0.1) is 26.4 Å². The van der Waals surface area contributed by atoms with Gasteiger partial charge in [-0.25, -0.2) is 9.13 Å². The van der Waals surface area contributed by atoms with Crippen molar-refractivity contribution in [2.45, 2.75) is 470 Å². The topological polar surface area (TPSA) is 237 Å². The molecule has 103 heavy (non-hydrogen) atoms. The van der Waals surface area contributed by atoms with Gasteiger partial charge in [-0.15, -0.1) is 0 Å². The Bertz CT molecular complexity index is 1960. The normalized spacial score (nSPS) is 13.8. The average Bonchev–Trinajstić information content (AvgIpc) is 1.01. The highest BCUT2D eigenvalue weighted by molar-refractivity contribution is 7.47. The van der Waals surface area contributed by atoms with E-state index in [9.17, 15) is 43.2 Å². The summed E-state index contributed by atoms with van der Waals surface area (Å²) >= 11 is 0. The molecular weight excluding hydrogens is 1340 g/mol. The van der Waals surface area contributed by atoms with Crippen LogP contribution in [-0.4, -0.2) is 96.7 Å². The van der Waals surface area contributed by atoms with Gasteiger partial charge in [-0.2, -0.15) is 0 Å². The van der Waals surface area contributed by atoms with Crippen molar-refractivity contribution < 1.29 is 80.2 Å². The van der Waals surface area contributed by atoms with Crippen LogP contribution >= 0.6 is 15.6 Å². The Morgan fingerprint density at radius 3 is 0.660 bits per heavy atom. The van der Waals surface area contributed by atoms with E-state index in [1.165, 1.54) is 276 Å². The van der Waals surface area contributed by atoms with E-state index in [1.807, 2.05) is 0 Å². The lowest BCUT2D eigenvalue weighted by atomic mass is 10.0. The fourth-order valence-corrected chi connectivity index (χ4v) is 14.7. The number of hydrogen-bond acceptors (Lipinski definition) is 15. The van der Waals surface area contributed by atoms with Gasteiger partial charge >= 0.3 is 39.5 Å². The summed E-state index contributed by atoms with van der Waals surface area (Å²) in [4.78, 5) is 73.2. The predicted octanol–water partition coefficient (Wildman–Crippen LogP) is 25.6. The highest BCUT2D eigenvalue weighted by Gasteiger charge is 2.30. The maximum Gasteiger partial charge on any atom is 0.472 e. The Kier molecular flexibility index (Phi) is 75.4. The van der Waals surface area contributed by atoms with Crippen LogP contribution in [0.5, 0.6) is 0 Å². The molecule has 19 heteroatoms. The van der Waals surface area contributed by atoms with Gasteiger partial charge in [-0.3, -0.25) is 37.3 Å². The molecule has 612 valence electrons. The number of aliphatic hydroxyl groups excluding tert-OH is 1. The fourth-order valence-electron chi connectivity index (χ4n) is 13.1. The molecule has 0 bridgehead atoms. The molecule has 17 nitrogen and oxygen atoms in total. The first-order valence-electron chi connectivity index (χ1n) is 43.6. The number of ether oxygens (including phenoxy) is 4. The van der Waals surface area contributed by atoms with Crippen molar-refractivity contribution in [3.63, 3.8) is 0 Å². The van der Waals surface area contributed by atoms with Gasteiger partial charge in [0.25, 0.3) is 0 Å². The van der Waals surface area contributed by atoms with Crippen LogP contribution in [0.1, 0.15) is 452 Å². The van der Waals surface area contributed by atoms with Gasteiger partial charge in [0, 0.05) is 25.7 Å². The zero-order valence-electron chi connectivity index (χ0n) is 67.5. The number of rotatable bonds is 84. The van der Waals surface area contributed by atoms with Gasteiger partial charge in [0.2, 0.25) is 0 Å². The van der Waals surface area contributed by atoms with Gasteiger partial charge in [0.1, 0.15) is 19.3 Å². The molecule has 0 fully saturated rings. The molecule has 0 radical (unpaired) electrons. The average molecular weight is 1510 g/mol. The molecule has 0 amide bonds. The molecule has 0 aromatic heterocycles. The monoisotopic (exact) mass is 1510 g/mol. The van der Waals surface area contributed by atoms with E-state index in [4.69, 9.17) is 37.0 Å². The van der Waals surface area contributed by atoms with E-state index in [2.05, 4.69) is 34.6 Å². The minimum atomic E-state index is -4.96. The van der Waals surface area contributed by atoms with Crippen molar-refractivity contribution >= 4 is 39.5 Å². The van der Waals surface area contributed by atoms with Gasteiger partial charge in [0.15, 0.2) is 12.2 Å². The van der Waals surface area contributed by atoms with Crippen LogP contribution in [0.2, 0.25) is 0 Å². The molecule has 5 atom stereocenters. The lowest BCUT2D eigenvalue weighted by Gasteiger charge is -2.21. The van der Waals surface area contributed by atoms with Crippen LogP contribution in [-0.2, 0) is 65.4 Å². The number of phosphoric ester groups is 2. The largest absolute Gasteiger partial charge is 0.472 e. The number of carbonyl (C=O) groups excluding carboxylic acids is 4. The molecule has 0 aromatic carbocycles. The van der Waals surface area contributed by atoms with Crippen molar-refractivity contribution in [3.05, 3.63) is 0 Å². The molecule has 3 N–H and O–H groups in total. The Labute approximate surface area is 632 Å². The quantitative estimate of drug-likeness (QED) is 0.0222. The second-order valence-electron chi connectivity index (χ2n) is 30.7. The number of esters is 4. The molecule has 2 unspecified atom stereocenters. The van der Waals surface area contributed by atoms with Crippen LogP contribution in [0.25, 0.3) is 0 Å². The lowest BCUT2D eigenvalue weighted by Crippen LogP contribution is -2.30. The molecule has 0 heterocycles. The summed E-state index contributed by atoms with van der Waals surface area (Å²) in [5.41, 5.74) is 0. The zero-order chi connectivity index (χ0) is 75.5. The summed E-state index contributed by atoms with van der Waals surface area (Å²) in [5.74, 6) is -1.35. The molecule has 0 aromatic rings. The smallest absolute Gasteiger partial charge is 0.462 e. The van der Waals surface area contributed by atoms with Crippen molar-refractivity contribution in [2.75, 3.05) is 39.6 Å². The number of aliphatic hydroxyl groups is 1. The van der Waals surface area contributed by atoms with Crippen molar-refractivity contribution in [3.8, 4) is 0 Å². The molecule has 0 saturated carbocycles. The summed E-state index contributed by atoms with van der Waals surface area (Å²) in [7, 11) is -9.92. The SMILES string of the molecule is CCCCCCCCCCCCCCCCCCCCCC(=O)O[C@H](COC(=O)CCCCCCCCCCCCCCCCCCCC)COP(=O)(O)OC[C@@H](O)COP(=O)(O)OC[C@@H](COC(=O)CCCCCCCCCCCCCCC)OC(=O)CCCCCCCCCCCCC(C)C. The Hall–Kier alpha value is -1.94. The number of unbranched alkanes of at least 4 members (excludes halogenated alkanes) is 56. The van der Waals surface area contributed by atoms with Crippen LogP contribution in [0.4, 0.5) is 0 Å². The summed E-state index contributed by atoms with van der Waals surface area (Å²) < 4.78 is 68.9. The molecule has 0 aliphatic carbocycles. The van der Waals surface area contributed by atoms with Gasteiger partial charge in [-0.1, -0.05) is 401 Å². The first-order chi connectivity index (χ1) is 50.0. The highest BCUT2D eigenvalue weighted by atomic mass is 31.2. The highest BCUT2D eigenvalue weighted by Crippen LogP contribution is 2.45. The third-order valence-corrected chi connectivity index (χ3v) is 21.7. The Morgan fingerprint density at radius 1 is 0.262 bits per heavy atom. The molecule has 0 spiro atoms.